The Labute approximate surface area is 84.8 Å². The lowest BCUT2D eigenvalue weighted by Crippen LogP contribution is -2.55. The van der Waals surface area contributed by atoms with Crippen LogP contribution in [-0.2, 0) is 4.79 Å². The predicted molar refractivity (Wildman–Crippen MR) is 54.1 cm³/mol. The molecule has 0 radical (unpaired) electrons. The fourth-order valence-electron chi connectivity index (χ4n) is 0.559. The molecule has 0 rings (SSSR count). The first-order valence-corrected chi connectivity index (χ1v) is 4.89. The van der Waals surface area contributed by atoms with E-state index in [4.69, 9.17) is 10.2 Å². The summed E-state index contributed by atoms with van der Waals surface area (Å²) in [6, 6.07) is 0. The Morgan fingerprint density at radius 2 is 2.08 bits per heavy atom. The molecule has 4 nitrogen and oxygen atoms in total. The number of alkyl halides is 1. The maximum atomic E-state index is 10.8. The Morgan fingerprint density at radius 3 is 2.33 bits per heavy atom. The monoisotopic (exact) mass is 285 g/mol. The fraction of sp³-hybridized carbons (Fsp3) is 0.571. The molecular weight excluding hydrogens is 273 g/mol. The average Bonchev–Trinajstić information content (AvgIpc) is 2.14. The van der Waals surface area contributed by atoms with Crippen LogP contribution in [-0.4, -0.2) is 39.3 Å². The molecule has 0 aromatic carbocycles. The molecule has 0 fully saturated rings. The first-order chi connectivity index (χ1) is 5.64. The zero-order valence-electron chi connectivity index (χ0n) is 6.59. The van der Waals surface area contributed by atoms with Crippen LogP contribution in [0.4, 0.5) is 0 Å². The largest absolute Gasteiger partial charge is 0.394 e. The second-order valence-electron chi connectivity index (χ2n) is 2.42. The predicted octanol–water partition coefficient (Wildman–Crippen LogP) is -0.553. The third-order valence-corrected chi connectivity index (χ3v) is 2.90. The van der Waals surface area contributed by atoms with Crippen molar-refractivity contribution in [3.63, 3.8) is 0 Å². The third-order valence-electron chi connectivity index (χ3n) is 1.43. The number of halogens is 1. The van der Waals surface area contributed by atoms with Crippen molar-refractivity contribution in [2.45, 2.75) is 5.54 Å². The van der Waals surface area contributed by atoms with Crippen LogP contribution in [0, 0.1) is 0 Å². The number of amides is 1. The van der Waals surface area contributed by atoms with Crippen molar-refractivity contribution in [1.29, 1.82) is 0 Å². The second-order valence-corrected chi connectivity index (χ2v) is 3.19. The summed E-state index contributed by atoms with van der Waals surface area (Å²) in [4.78, 5) is 10.8. The van der Waals surface area contributed by atoms with Gasteiger partial charge in [0.15, 0.2) is 0 Å². The Balaban J connectivity index is 4.29. The molecule has 12 heavy (non-hydrogen) atoms. The Kier molecular flexibility index (Phi) is 5.43. The van der Waals surface area contributed by atoms with Gasteiger partial charge in [-0.2, -0.15) is 0 Å². The summed E-state index contributed by atoms with van der Waals surface area (Å²) in [7, 11) is 0. The zero-order valence-corrected chi connectivity index (χ0v) is 8.74. The molecule has 3 N–H and O–H groups in total. The molecule has 0 aliphatic carbocycles. The molecule has 0 saturated carbocycles. The van der Waals surface area contributed by atoms with Gasteiger partial charge >= 0.3 is 0 Å². The summed E-state index contributed by atoms with van der Waals surface area (Å²) in [5, 5.41) is 20.3. The molecule has 0 spiro atoms. The number of aliphatic hydroxyl groups excluding tert-OH is 2. The molecule has 0 aliphatic rings. The smallest absolute Gasteiger partial charge is 0.243 e. The number of hydrogen-bond acceptors (Lipinski definition) is 3. The van der Waals surface area contributed by atoms with E-state index < -0.39 is 11.4 Å². The number of hydrogen-bond donors (Lipinski definition) is 3. The standard InChI is InChI=1S/C7H12INO3/c1-2-6(12)9-7(3-8,4-10)5-11/h2,10-11H,1,3-5H2,(H,9,12). The van der Waals surface area contributed by atoms with E-state index in [1.165, 1.54) is 0 Å². The zero-order chi connectivity index (χ0) is 9.61. The highest BCUT2D eigenvalue weighted by Gasteiger charge is 2.28. The molecule has 0 aromatic heterocycles. The Hall–Kier alpha value is -0.140. The van der Waals surface area contributed by atoms with Crippen LogP contribution in [0.3, 0.4) is 0 Å². The van der Waals surface area contributed by atoms with Crippen LogP contribution in [0.1, 0.15) is 0 Å². The van der Waals surface area contributed by atoms with Gasteiger partial charge in [-0.15, -0.1) is 0 Å². The normalized spacial score (nSPS) is 10.9. The summed E-state index contributed by atoms with van der Waals surface area (Å²) < 4.78 is 0.442. The molecule has 0 aromatic rings. The highest BCUT2D eigenvalue weighted by atomic mass is 127. The van der Waals surface area contributed by atoms with Gasteiger partial charge in [-0.05, 0) is 6.08 Å². The molecule has 5 heteroatoms. The minimum Gasteiger partial charge on any atom is -0.394 e. The Bertz CT molecular complexity index is 160. The fourth-order valence-corrected chi connectivity index (χ4v) is 1.23. The molecule has 0 bridgehead atoms. The van der Waals surface area contributed by atoms with Crippen LogP contribution >= 0.6 is 22.6 Å². The summed E-state index contributed by atoms with van der Waals surface area (Å²) in [6.45, 7) is 2.70. The van der Waals surface area contributed by atoms with E-state index in [2.05, 4.69) is 11.9 Å². The molecule has 0 saturated heterocycles. The molecule has 0 heterocycles. The SMILES string of the molecule is C=CC(=O)NC(CO)(CO)CI. The lowest BCUT2D eigenvalue weighted by molar-refractivity contribution is -0.119. The van der Waals surface area contributed by atoms with E-state index in [0.717, 1.165) is 6.08 Å². The van der Waals surface area contributed by atoms with Gasteiger partial charge < -0.3 is 15.5 Å². The third kappa shape index (κ3) is 3.08. The van der Waals surface area contributed by atoms with E-state index in [0.29, 0.717) is 4.43 Å². The number of aliphatic hydroxyl groups is 2. The van der Waals surface area contributed by atoms with Crippen LogP contribution in [0.5, 0.6) is 0 Å². The van der Waals surface area contributed by atoms with Crippen molar-refractivity contribution in [2.75, 3.05) is 17.6 Å². The number of carbonyl (C=O) groups excluding carboxylic acids is 1. The first-order valence-electron chi connectivity index (χ1n) is 3.36. The number of carbonyl (C=O) groups is 1. The minimum atomic E-state index is -0.925. The topological polar surface area (TPSA) is 69.6 Å². The van der Waals surface area contributed by atoms with Gasteiger partial charge in [-0.1, -0.05) is 29.2 Å². The maximum Gasteiger partial charge on any atom is 0.243 e. The lowest BCUT2D eigenvalue weighted by Gasteiger charge is -2.28. The first kappa shape index (κ1) is 11.9. The summed E-state index contributed by atoms with van der Waals surface area (Å²) >= 11 is 1.98. The summed E-state index contributed by atoms with van der Waals surface area (Å²) in [6.07, 6.45) is 1.10. The molecule has 0 unspecified atom stereocenters. The van der Waals surface area contributed by atoms with Crippen molar-refractivity contribution in [3.05, 3.63) is 12.7 Å². The van der Waals surface area contributed by atoms with Crippen LogP contribution in [0.2, 0.25) is 0 Å². The molecule has 1 amide bonds. The van der Waals surface area contributed by atoms with E-state index in [-0.39, 0.29) is 13.2 Å². The van der Waals surface area contributed by atoms with E-state index in [1.54, 1.807) is 0 Å². The molecule has 0 aliphatic heterocycles. The number of nitrogens with one attached hydrogen (secondary N) is 1. The van der Waals surface area contributed by atoms with Gasteiger partial charge in [0.25, 0.3) is 0 Å². The van der Waals surface area contributed by atoms with Crippen molar-refractivity contribution >= 4 is 28.5 Å². The summed E-state index contributed by atoms with van der Waals surface area (Å²) in [5.74, 6) is -0.394. The maximum absolute atomic E-state index is 10.8. The van der Waals surface area contributed by atoms with E-state index >= 15 is 0 Å². The van der Waals surface area contributed by atoms with Crippen molar-refractivity contribution in [2.24, 2.45) is 0 Å². The van der Waals surface area contributed by atoms with Crippen LogP contribution in [0.15, 0.2) is 12.7 Å². The number of rotatable bonds is 5. The summed E-state index contributed by atoms with van der Waals surface area (Å²) in [5.41, 5.74) is -0.925. The quantitative estimate of drug-likeness (QED) is 0.360. The van der Waals surface area contributed by atoms with Gasteiger partial charge in [0.1, 0.15) is 0 Å². The lowest BCUT2D eigenvalue weighted by atomic mass is 10.1. The average molecular weight is 285 g/mol. The van der Waals surface area contributed by atoms with Crippen LogP contribution in [0.25, 0.3) is 0 Å². The van der Waals surface area contributed by atoms with Gasteiger partial charge in [-0.3, -0.25) is 4.79 Å². The highest BCUT2D eigenvalue weighted by molar-refractivity contribution is 14.1. The van der Waals surface area contributed by atoms with Gasteiger partial charge in [0.05, 0.1) is 18.8 Å². The molecule has 0 atom stereocenters. The van der Waals surface area contributed by atoms with Crippen molar-refractivity contribution in [1.82, 2.24) is 5.32 Å². The van der Waals surface area contributed by atoms with Crippen molar-refractivity contribution < 1.29 is 15.0 Å². The minimum absolute atomic E-state index is 0.286. The second kappa shape index (κ2) is 5.50. The van der Waals surface area contributed by atoms with Gasteiger partial charge in [0.2, 0.25) is 5.91 Å². The molecule has 70 valence electrons. The van der Waals surface area contributed by atoms with Crippen molar-refractivity contribution in [3.8, 4) is 0 Å². The Morgan fingerprint density at radius 1 is 1.58 bits per heavy atom. The molecular formula is C7H12INO3. The van der Waals surface area contributed by atoms with Crippen LogP contribution < -0.4 is 5.32 Å². The highest BCUT2D eigenvalue weighted by Crippen LogP contribution is 2.07. The van der Waals surface area contributed by atoms with E-state index in [1.807, 2.05) is 22.6 Å². The van der Waals surface area contributed by atoms with Gasteiger partial charge in [-0.25, -0.2) is 0 Å². The van der Waals surface area contributed by atoms with E-state index in [9.17, 15) is 4.79 Å². The van der Waals surface area contributed by atoms with Gasteiger partial charge in [0, 0.05) is 4.43 Å².